The van der Waals surface area contributed by atoms with Gasteiger partial charge in [-0.2, -0.15) is 0 Å². The van der Waals surface area contributed by atoms with Crippen LogP contribution in [0.5, 0.6) is 5.75 Å². The van der Waals surface area contributed by atoms with Crippen LogP contribution in [0.4, 0.5) is 16.2 Å². The van der Waals surface area contributed by atoms with E-state index in [4.69, 9.17) is 4.74 Å². The molecule has 8 heteroatoms. The monoisotopic (exact) mass is 386 g/mol. The van der Waals surface area contributed by atoms with Gasteiger partial charge in [0.2, 0.25) is 0 Å². The molecule has 1 saturated heterocycles. The number of rotatable bonds is 4. The maximum atomic E-state index is 12.4. The Morgan fingerprint density at radius 3 is 3.15 bits per heavy atom. The van der Waals surface area contributed by atoms with Crippen LogP contribution in [0.2, 0.25) is 0 Å². The maximum absolute atomic E-state index is 12.4. The average molecular weight is 386 g/mol. The first-order chi connectivity index (χ1) is 13.2. The topological polar surface area (TPSA) is 82.7 Å². The van der Waals surface area contributed by atoms with Gasteiger partial charge in [0.15, 0.2) is 6.61 Å². The number of ether oxygens (including phenoxy) is 1. The highest BCUT2D eigenvalue weighted by atomic mass is 32.1. The number of likely N-dealkylation sites (tertiary alicyclic amines) is 1. The first-order valence-corrected chi connectivity index (χ1v) is 9.92. The van der Waals surface area contributed by atoms with E-state index in [0.717, 1.165) is 32.5 Å². The zero-order valence-corrected chi connectivity index (χ0v) is 15.7. The zero-order valence-electron chi connectivity index (χ0n) is 14.9. The number of anilines is 2. The normalized spacial score (nSPS) is 19.6. The van der Waals surface area contributed by atoms with E-state index in [2.05, 4.69) is 38.4 Å². The first-order valence-electron chi connectivity index (χ1n) is 9.05. The lowest BCUT2D eigenvalue weighted by Gasteiger charge is -2.32. The second-order valence-electron chi connectivity index (χ2n) is 6.80. The molecule has 3 N–H and O–H groups in total. The van der Waals surface area contributed by atoms with Crippen molar-refractivity contribution in [2.75, 3.05) is 30.3 Å². The van der Waals surface area contributed by atoms with E-state index in [1.165, 1.54) is 4.88 Å². The molecular formula is C19H22N4O3S. The molecule has 0 radical (unpaired) electrons. The predicted molar refractivity (Wildman–Crippen MR) is 105 cm³/mol. The molecule has 1 fully saturated rings. The van der Waals surface area contributed by atoms with Gasteiger partial charge in [0.25, 0.3) is 5.91 Å². The Balaban J connectivity index is 1.30. The van der Waals surface area contributed by atoms with Gasteiger partial charge in [-0.25, -0.2) is 4.79 Å². The molecule has 0 aliphatic carbocycles. The fourth-order valence-corrected chi connectivity index (χ4v) is 4.19. The van der Waals surface area contributed by atoms with Gasteiger partial charge in [0, 0.05) is 35.8 Å². The van der Waals surface area contributed by atoms with Crippen molar-refractivity contribution in [2.24, 2.45) is 0 Å². The van der Waals surface area contributed by atoms with E-state index in [1.54, 1.807) is 29.5 Å². The summed E-state index contributed by atoms with van der Waals surface area (Å²) in [5.74, 6) is 0.387. The number of urea groups is 1. The minimum Gasteiger partial charge on any atom is -0.482 e. The zero-order chi connectivity index (χ0) is 18.6. The lowest BCUT2D eigenvalue weighted by molar-refractivity contribution is -0.118. The molecular weight excluding hydrogens is 364 g/mol. The Hall–Kier alpha value is -2.58. The summed E-state index contributed by atoms with van der Waals surface area (Å²) >= 11 is 1.77. The largest absolute Gasteiger partial charge is 0.482 e. The first kappa shape index (κ1) is 17.8. The highest BCUT2D eigenvalue weighted by Gasteiger charge is 2.22. The van der Waals surface area contributed by atoms with Crippen molar-refractivity contribution < 1.29 is 14.3 Å². The summed E-state index contributed by atoms with van der Waals surface area (Å²) in [5, 5.41) is 10.7. The predicted octanol–water partition coefficient (Wildman–Crippen LogP) is 2.87. The lowest BCUT2D eigenvalue weighted by atomic mass is 10.1. The van der Waals surface area contributed by atoms with Crippen molar-refractivity contribution in [1.82, 2.24) is 10.2 Å². The molecule has 4 rings (SSSR count). The molecule has 0 unspecified atom stereocenters. The quantitative estimate of drug-likeness (QED) is 0.755. The molecule has 1 atom stereocenters. The van der Waals surface area contributed by atoms with Crippen LogP contribution in [-0.4, -0.2) is 42.6 Å². The van der Waals surface area contributed by atoms with Crippen LogP contribution in [-0.2, 0) is 11.3 Å². The molecule has 142 valence electrons. The van der Waals surface area contributed by atoms with Crippen molar-refractivity contribution >= 4 is 34.6 Å². The highest BCUT2D eigenvalue weighted by Crippen LogP contribution is 2.30. The molecule has 1 aromatic heterocycles. The summed E-state index contributed by atoms with van der Waals surface area (Å²) in [7, 11) is 0. The number of amides is 3. The van der Waals surface area contributed by atoms with Gasteiger partial charge in [-0.1, -0.05) is 6.07 Å². The number of thiophene rings is 1. The van der Waals surface area contributed by atoms with Gasteiger partial charge in [0.1, 0.15) is 5.75 Å². The van der Waals surface area contributed by atoms with Crippen LogP contribution in [0, 0.1) is 0 Å². The number of benzene rings is 1. The van der Waals surface area contributed by atoms with Crippen LogP contribution >= 0.6 is 11.3 Å². The minimum atomic E-state index is -0.224. The Bertz CT molecular complexity index is 824. The number of carbonyl (C=O) groups is 2. The van der Waals surface area contributed by atoms with E-state index in [9.17, 15) is 9.59 Å². The second kappa shape index (κ2) is 7.98. The number of nitrogens with zero attached hydrogens (tertiary/aromatic N) is 1. The lowest BCUT2D eigenvalue weighted by Crippen LogP contribution is -2.48. The molecule has 7 nitrogen and oxygen atoms in total. The van der Waals surface area contributed by atoms with E-state index in [-0.39, 0.29) is 24.6 Å². The molecule has 2 aliphatic rings. The Morgan fingerprint density at radius 2 is 2.30 bits per heavy atom. The molecule has 2 aromatic rings. The number of piperidine rings is 1. The summed E-state index contributed by atoms with van der Waals surface area (Å²) in [5.41, 5.74) is 1.25. The summed E-state index contributed by atoms with van der Waals surface area (Å²) < 4.78 is 5.38. The third-order valence-electron chi connectivity index (χ3n) is 4.67. The maximum Gasteiger partial charge on any atom is 0.319 e. The standard InChI is InChI=1S/C19H22N4O3S/c24-18-12-26-17-9-13(5-6-16(17)22-18)20-19(25)21-14-3-1-7-23(10-14)11-15-4-2-8-27-15/h2,4-6,8-9,14H,1,3,7,10-12H2,(H,22,24)(H2,20,21,25)/t14-/m1/s1. The summed E-state index contributed by atoms with van der Waals surface area (Å²) in [4.78, 5) is 27.4. The Morgan fingerprint density at radius 1 is 1.37 bits per heavy atom. The van der Waals surface area contributed by atoms with Crippen LogP contribution < -0.4 is 20.7 Å². The summed E-state index contributed by atoms with van der Waals surface area (Å²) in [6.45, 7) is 2.84. The van der Waals surface area contributed by atoms with Crippen LogP contribution in [0.3, 0.4) is 0 Å². The van der Waals surface area contributed by atoms with E-state index >= 15 is 0 Å². The fraction of sp³-hybridized carbons (Fsp3) is 0.368. The summed E-state index contributed by atoms with van der Waals surface area (Å²) in [6, 6.07) is 9.32. The number of fused-ring (bicyclic) bond motifs is 1. The SMILES string of the molecule is O=C1COc2cc(NC(=O)N[C@@H]3CCCN(Cc4cccs4)C3)ccc2N1. The van der Waals surface area contributed by atoms with E-state index < -0.39 is 0 Å². The highest BCUT2D eigenvalue weighted by molar-refractivity contribution is 7.09. The van der Waals surface area contributed by atoms with Gasteiger partial charge in [-0.15, -0.1) is 11.3 Å². The molecule has 3 heterocycles. The van der Waals surface area contributed by atoms with Gasteiger partial charge < -0.3 is 20.7 Å². The number of hydrogen-bond acceptors (Lipinski definition) is 5. The molecule has 27 heavy (non-hydrogen) atoms. The smallest absolute Gasteiger partial charge is 0.319 e. The van der Waals surface area contributed by atoms with Crippen molar-refractivity contribution in [3.8, 4) is 5.75 Å². The van der Waals surface area contributed by atoms with Gasteiger partial charge >= 0.3 is 6.03 Å². The molecule has 2 aliphatic heterocycles. The van der Waals surface area contributed by atoms with Crippen LogP contribution in [0.25, 0.3) is 0 Å². The van der Waals surface area contributed by atoms with Crippen molar-refractivity contribution in [3.63, 3.8) is 0 Å². The summed E-state index contributed by atoms with van der Waals surface area (Å²) in [6.07, 6.45) is 2.05. The molecule has 0 saturated carbocycles. The van der Waals surface area contributed by atoms with Gasteiger partial charge in [0.05, 0.1) is 5.69 Å². The molecule has 3 amide bonds. The third kappa shape index (κ3) is 4.58. The molecule has 0 spiro atoms. The third-order valence-corrected chi connectivity index (χ3v) is 5.53. The second-order valence-corrected chi connectivity index (χ2v) is 7.83. The van der Waals surface area contributed by atoms with Crippen molar-refractivity contribution in [2.45, 2.75) is 25.4 Å². The van der Waals surface area contributed by atoms with Crippen molar-refractivity contribution in [3.05, 3.63) is 40.6 Å². The minimum absolute atomic E-state index is 0.00913. The Kier molecular flexibility index (Phi) is 5.26. The number of hydrogen-bond donors (Lipinski definition) is 3. The van der Waals surface area contributed by atoms with Crippen LogP contribution in [0.15, 0.2) is 35.7 Å². The molecule has 1 aromatic carbocycles. The average Bonchev–Trinajstić information content (AvgIpc) is 3.15. The van der Waals surface area contributed by atoms with Crippen molar-refractivity contribution in [1.29, 1.82) is 0 Å². The van der Waals surface area contributed by atoms with E-state index in [1.807, 2.05) is 0 Å². The van der Waals surface area contributed by atoms with E-state index in [0.29, 0.717) is 17.1 Å². The van der Waals surface area contributed by atoms with Gasteiger partial charge in [-0.05, 0) is 43.0 Å². The number of carbonyl (C=O) groups excluding carboxylic acids is 2. The molecule has 0 bridgehead atoms. The fourth-order valence-electron chi connectivity index (χ4n) is 3.44. The van der Waals surface area contributed by atoms with Crippen LogP contribution in [0.1, 0.15) is 17.7 Å². The Labute approximate surface area is 161 Å². The number of nitrogens with one attached hydrogen (secondary N) is 3. The van der Waals surface area contributed by atoms with Gasteiger partial charge in [-0.3, -0.25) is 9.69 Å².